The first-order valence-electron chi connectivity index (χ1n) is 14.7. The van der Waals surface area contributed by atoms with Gasteiger partial charge in [0.2, 0.25) is 17.7 Å². The van der Waals surface area contributed by atoms with E-state index in [2.05, 4.69) is 39.8 Å². The van der Waals surface area contributed by atoms with Crippen molar-refractivity contribution in [3.8, 4) is 0 Å². The maximum atomic E-state index is 13.5. The smallest absolute Gasteiger partial charge is 0.244 e. The van der Waals surface area contributed by atoms with E-state index in [1.807, 2.05) is 19.9 Å². The van der Waals surface area contributed by atoms with E-state index < -0.39 is 12.1 Å². The molecule has 2 heterocycles. The molecule has 3 amide bonds. The molecule has 232 valence electrons. The number of likely N-dealkylation sites (tertiary alicyclic amines) is 1. The van der Waals surface area contributed by atoms with E-state index in [9.17, 15) is 14.4 Å². The summed E-state index contributed by atoms with van der Waals surface area (Å²) in [6, 6.07) is 9.53. The fraction of sp³-hybridized carbons (Fsp3) is 0.710. The number of carbonyl (C=O) groups excluding carboxylic acids is 3. The lowest BCUT2D eigenvalue weighted by molar-refractivity contribution is -0.141. The van der Waals surface area contributed by atoms with Gasteiger partial charge in [-0.05, 0) is 42.9 Å². The molecule has 4 rings (SSSR count). The molecular weight excluding hydrogens is 576 g/mol. The van der Waals surface area contributed by atoms with E-state index in [1.54, 1.807) is 28.4 Å². The molecule has 0 unspecified atom stereocenters. The highest BCUT2D eigenvalue weighted by Crippen LogP contribution is 2.27. The van der Waals surface area contributed by atoms with E-state index in [0.717, 1.165) is 38.2 Å². The fourth-order valence-corrected chi connectivity index (χ4v) is 8.18. The minimum atomic E-state index is -0.588. The number of halogens is 1. The van der Waals surface area contributed by atoms with Crippen LogP contribution < -0.4 is 10.6 Å². The average Bonchev–Trinajstić information content (AvgIpc) is 3.44. The van der Waals surface area contributed by atoms with Gasteiger partial charge in [0.05, 0.1) is 5.88 Å². The third-order valence-electron chi connectivity index (χ3n) is 8.14. The summed E-state index contributed by atoms with van der Waals surface area (Å²) in [6.07, 6.45) is 8.28. The Morgan fingerprint density at radius 2 is 1.71 bits per heavy atom. The van der Waals surface area contributed by atoms with E-state index in [-0.39, 0.29) is 49.5 Å². The molecule has 1 aromatic carbocycles. The Balaban J connectivity index is 0.00000294. The van der Waals surface area contributed by atoms with Crippen molar-refractivity contribution >= 4 is 53.7 Å². The second kappa shape index (κ2) is 18.3. The summed E-state index contributed by atoms with van der Waals surface area (Å²) < 4.78 is 0. The lowest BCUT2D eigenvalue weighted by Crippen LogP contribution is -2.57. The van der Waals surface area contributed by atoms with Crippen molar-refractivity contribution in [1.29, 1.82) is 0 Å². The molecule has 3 aliphatic rings. The van der Waals surface area contributed by atoms with Gasteiger partial charge >= 0.3 is 0 Å². The normalized spacial score (nSPS) is 21.0. The Hall–Kier alpha value is -1.42. The lowest BCUT2D eigenvalue weighted by Gasteiger charge is -2.33. The van der Waals surface area contributed by atoms with Gasteiger partial charge in [-0.1, -0.05) is 70.9 Å². The van der Waals surface area contributed by atoms with Gasteiger partial charge in [-0.25, -0.2) is 0 Å². The van der Waals surface area contributed by atoms with Gasteiger partial charge in [-0.2, -0.15) is 11.8 Å². The molecule has 0 spiro atoms. The average molecular weight is 627 g/mol. The third kappa shape index (κ3) is 11.0. The Bertz CT molecular complexity index is 941. The topological polar surface area (TPSA) is 81.8 Å². The monoisotopic (exact) mass is 626 g/mol. The number of piperidine rings is 1. The first-order chi connectivity index (χ1) is 18.9. The number of amides is 3. The molecule has 7 nitrogen and oxygen atoms in total. The predicted octanol–water partition coefficient (Wildman–Crippen LogP) is 5.18. The van der Waals surface area contributed by atoms with Crippen molar-refractivity contribution < 1.29 is 14.4 Å². The summed E-state index contributed by atoms with van der Waals surface area (Å²) in [5.41, 5.74) is 1.31. The minimum Gasteiger partial charge on any atom is -0.351 e. The van der Waals surface area contributed by atoms with Gasteiger partial charge in [0.1, 0.15) is 12.1 Å². The highest BCUT2D eigenvalue weighted by molar-refractivity contribution is 7.99. The molecule has 10 heteroatoms. The fourth-order valence-electron chi connectivity index (χ4n) is 5.74. The van der Waals surface area contributed by atoms with Crippen molar-refractivity contribution in [1.82, 2.24) is 20.4 Å². The number of nitrogens with one attached hydrogen (secondary N) is 2. The van der Waals surface area contributed by atoms with Gasteiger partial charge in [0.15, 0.2) is 0 Å². The first kappa shape index (κ1) is 35.8. The van der Waals surface area contributed by atoms with E-state index >= 15 is 0 Å². The maximum absolute atomic E-state index is 13.5. The van der Waals surface area contributed by atoms with Crippen LogP contribution in [0.2, 0.25) is 0 Å². The van der Waals surface area contributed by atoms with Crippen LogP contribution in [0.25, 0.3) is 0 Å². The van der Waals surface area contributed by atoms with Gasteiger partial charge < -0.3 is 15.5 Å². The number of nitrogens with zero attached hydrogens (tertiary/aromatic N) is 2. The van der Waals surface area contributed by atoms with Crippen molar-refractivity contribution in [3.63, 3.8) is 0 Å². The highest BCUT2D eigenvalue weighted by Gasteiger charge is 2.37. The number of benzene rings is 1. The molecule has 1 aliphatic carbocycles. The number of thioether (sulfide) groups is 2. The van der Waals surface area contributed by atoms with Crippen LogP contribution in [0.4, 0.5) is 0 Å². The van der Waals surface area contributed by atoms with Crippen molar-refractivity contribution in [3.05, 3.63) is 35.9 Å². The predicted molar refractivity (Wildman–Crippen MR) is 175 cm³/mol. The van der Waals surface area contributed by atoms with Crippen molar-refractivity contribution in [2.75, 3.05) is 36.2 Å². The number of hydrogen-bond donors (Lipinski definition) is 2. The van der Waals surface area contributed by atoms with Gasteiger partial charge in [0, 0.05) is 43.1 Å². The Morgan fingerprint density at radius 3 is 2.37 bits per heavy atom. The molecule has 2 N–H and O–H groups in total. The Labute approximate surface area is 262 Å². The summed E-state index contributed by atoms with van der Waals surface area (Å²) in [4.78, 5) is 43.7. The van der Waals surface area contributed by atoms with Gasteiger partial charge in [-0.15, -0.1) is 24.2 Å². The lowest BCUT2D eigenvalue weighted by atomic mass is 9.91. The summed E-state index contributed by atoms with van der Waals surface area (Å²) >= 11 is 3.39. The second-order valence-electron chi connectivity index (χ2n) is 11.6. The van der Waals surface area contributed by atoms with E-state index in [0.29, 0.717) is 23.3 Å². The van der Waals surface area contributed by atoms with Crippen LogP contribution in [0, 0.1) is 11.8 Å². The van der Waals surface area contributed by atoms with Crippen LogP contribution in [-0.2, 0) is 20.9 Å². The summed E-state index contributed by atoms with van der Waals surface area (Å²) in [5, 5.41) is 6.32. The standard InChI is InChI=1S/C30H46N4O3S2.CH4.ClH/c1-22(2)30(37)34-21-39-20-27(34)29(36)32-26(19-38-18-24-11-7-4-8-12-24)28(35)31-25-13-15-33(16-14-25)17-23-9-5-3-6-10-23;;/h3,5-6,9-10,22,24-27H,4,7-8,11-21H2,1-2H3,(H,31,35)(H,32,36);1H4;1H/t26-,27-;;/m0../s1. The van der Waals surface area contributed by atoms with Crippen LogP contribution in [0.1, 0.15) is 71.8 Å². The van der Waals surface area contributed by atoms with Gasteiger partial charge in [0.25, 0.3) is 0 Å². The molecule has 2 aliphatic heterocycles. The minimum absolute atomic E-state index is 0. The highest BCUT2D eigenvalue weighted by atomic mass is 35.5. The van der Waals surface area contributed by atoms with Crippen LogP contribution in [-0.4, -0.2) is 81.9 Å². The van der Waals surface area contributed by atoms with Crippen LogP contribution >= 0.6 is 35.9 Å². The molecule has 0 bridgehead atoms. The van der Waals surface area contributed by atoms with Crippen LogP contribution in [0.5, 0.6) is 0 Å². The van der Waals surface area contributed by atoms with Crippen LogP contribution in [0.3, 0.4) is 0 Å². The number of rotatable bonds is 11. The zero-order valence-electron chi connectivity index (χ0n) is 24.0. The number of carbonyl (C=O) groups is 3. The molecular formula is C31H51ClN4O3S2. The Morgan fingerprint density at radius 1 is 1.02 bits per heavy atom. The van der Waals surface area contributed by atoms with Crippen molar-refractivity contribution in [2.45, 2.75) is 90.9 Å². The van der Waals surface area contributed by atoms with Crippen molar-refractivity contribution in [2.24, 2.45) is 11.8 Å². The molecule has 1 aromatic rings. The molecule has 0 radical (unpaired) electrons. The molecule has 41 heavy (non-hydrogen) atoms. The Kier molecular flexibility index (Phi) is 16.0. The maximum Gasteiger partial charge on any atom is 0.244 e. The third-order valence-corrected chi connectivity index (χ3v) is 10.4. The molecule has 3 fully saturated rings. The molecule has 1 saturated carbocycles. The quantitative estimate of drug-likeness (QED) is 0.352. The zero-order chi connectivity index (χ0) is 27.6. The SMILES string of the molecule is C.CC(C)C(=O)N1CSC[C@H]1C(=O)N[C@@H](CSCC1CCCCC1)C(=O)NC1CCN(Cc2ccccc2)CC1.Cl. The summed E-state index contributed by atoms with van der Waals surface area (Å²) in [7, 11) is 0. The van der Waals surface area contributed by atoms with E-state index in [1.165, 1.54) is 37.7 Å². The molecule has 2 atom stereocenters. The second-order valence-corrected chi connectivity index (χ2v) is 13.7. The van der Waals surface area contributed by atoms with Crippen LogP contribution in [0.15, 0.2) is 30.3 Å². The summed E-state index contributed by atoms with van der Waals surface area (Å²) in [5.74, 6) is 2.97. The van der Waals surface area contributed by atoms with E-state index in [4.69, 9.17) is 0 Å². The number of hydrogen-bond acceptors (Lipinski definition) is 6. The molecule has 2 saturated heterocycles. The zero-order valence-corrected chi connectivity index (χ0v) is 26.5. The van der Waals surface area contributed by atoms with Gasteiger partial charge in [-0.3, -0.25) is 19.3 Å². The largest absolute Gasteiger partial charge is 0.351 e. The molecule has 0 aromatic heterocycles. The summed E-state index contributed by atoms with van der Waals surface area (Å²) in [6.45, 7) is 6.55. The first-order valence-corrected chi connectivity index (χ1v) is 17.0.